The number of hydrogen-bond donors (Lipinski definition) is 0. The number of ether oxygens (including phenoxy) is 1. The van der Waals surface area contributed by atoms with Gasteiger partial charge < -0.3 is 14.1 Å². The minimum absolute atomic E-state index is 0.141. The Kier molecular flexibility index (Phi) is 6.14. The highest BCUT2D eigenvalue weighted by Crippen LogP contribution is 2.44. The second kappa shape index (κ2) is 8.65. The minimum Gasteiger partial charge on any atom is -0.469 e. The van der Waals surface area contributed by atoms with Crippen molar-refractivity contribution in [1.29, 1.82) is 0 Å². The van der Waals surface area contributed by atoms with Crippen molar-refractivity contribution in [2.24, 2.45) is 5.92 Å². The van der Waals surface area contributed by atoms with Gasteiger partial charge >= 0.3 is 5.97 Å². The lowest BCUT2D eigenvalue weighted by Gasteiger charge is -2.31. The molecule has 2 heterocycles. The van der Waals surface area contributed by atoms with Gasteiger partial charge in [0.1, 0.15) is 11.5 Å². The van der Waals surface area contributed by atoms with E-state index in [4.69, 9.17) is 14.1 Å². The molecule has 2 unspecified atom stereocenters. The first-order valence-corrected chi connectivity index (χ1v) is 11.1. The third-order valence-electron chi connectivity index (χ3n) is 6.13. The summed E-state index contributed by atoms with van der Waals surface area (Å²) in [5.74, 6) is -2.65. The van der Waals surface area contributed by atoms with Gasteiger partial charge in [-0.3, -0.25) is 4.79 Å². The summed E-state index contributed by atoms with van der Waals surface area (Å²) in [4.78, 5) is 18.9. The number of carbonyl (C=O) groups excluding carboxylic acids is 1. The molecule has 4 rings (SSSR count). The molecule has 1 saturated carbocycles. The number of rotatable bonds is 4. The van der Waals surface area contributed by atoms with E-state index >= 15 is 0 Å². The molecule has 0 N–H and O–H groups in total. The quantitative estimate of drug-likeness (QED) is 0.516. The average Bonchev–Trinajstić information content (AvgIpc) is 3.19. The van der Waals surface area contributed by atoms with Gasteiger partial charge in [-0.1, -0.05) is 40.9 Å². The Morgan fingerprint density at radius 3 is 2.53 bits per heavy atom. The molecule has 2 aliphatic rings. The summed E-state index contributed by atoms with van der Waals surface area (Å²) in [7, 11) is 1.41. The van der Waals surface area contributed by atoms with Crippen LogP contribution >= 0.6 is 15.9 Å². The standard InChI is InChI=1S/C22H25BrF2N2O3/c1-29-20(28)17-5-3-2-4-16(17)19-18(14-6-8-15(23)9-7-14)26-21(30-19)27-12-10-22(24,25)11-13-27/h6-9,16-17H,2-5,10-13H2,1H3. The van der Waals surface area contributed by atoms with Crippen LogP contribution in [0.2, 0.25) is 0 Å². The Hall–Kier alpha value is -1.96. The number of halogens is 3. The molecule has 2 aromatic rings. The smallest absolute Gasteiger partial charge is 0.309 e. The van der Waals surface area contributed by atoms with Crippen molar-refractivity contribution in [3.8, 4) is 11.3 Å². The van der Waals surface area contributed by atoms with Crippen LogP contribution in [-0.4, -0.2) is 37.1 Å². The third kappa shape index (κ3) is 4.38. The molecule has 0 radical (unpaired) electrons. The van der Waals surface area contributed by atoms with E-state index in [-0.39, 0.29) is 43.7 Å². The van der Waals surface area contributed by atoms with E-state index in [2.05, 4.69) is 15.9 Å². The number of hydrogen-bond acceptors (Lipinski definition) is 5. The van der Waals surface area contributed by atoms with Crippen LogP contribution in [-0.2, 0) is 9.53 Å². The average molecular weight is 483 g/mol. The molecular weight excluding hydrogens is 458 g/mol. The van der Waals surface area contributed by atoms with Gasteiger partial charge in [0.05, 0.1) is 13.0 Å². The number of carbonyl (C=O) groups is 1. The fourth-order valence-electron chi connectivity index (χ4n) is 4.42. The Morgan fingerprint density at radius 2 is 1.87 bits per heavy atom. The zero-order chi connectivity index (χ0) is 21.3. The summed E-state index contributed by atoms with van der Waals surface area (Å²) in [6.45, 7) is 0.385. The number of piperidine rings is 1. The Morgan fingerprint density at radius 1 is 1.20 bits per heavy atom. The van der Waals surface area contributed by atoms with E-state index in [0.29, 0.717) is 17.5 Å². The van der Waals surface area contributed by atoms with Crippen LogP contribution in [0, 0.1) is 5.92 Å². The highest BCUT2D eigenvalue weighted by atomic mass is 79.9. The summed E-state index contributed by atoms with van der Waals surface area (Å²) < 4.78 is 39.4. The predicted molar refractivity (Wildman–Crippen MR) is 113 cm³/mol. The summed E-state index contributed by atoms with van der Waals surface area (Å²) >= 11 is 3.45. The van der Waals surface area contributed by atoms with Gasteiger partial charge in [0.25, 0.3) is 11.9 Å². The molecule has 1 aromatic heterocycles. The van der Waals surface area contributed by atoms with Crippen molar-refractivity contribution in [2.45, 2.75) is 50.4 Å². The normalized spacial score (nSPS) is 23.9. The van der Waals surface area contributed by atoms with E-state index in [9.17, 15) is 13.6 Å². The van der Waals surface area contributed by atoms with Crippen LogP contribution in [0.5, 0.6) is 0 Å². The van der Waals surface area contributed by atoms with E-state index in [1.165, 1.54) is 7.11 Å². The zero-order valence-electron chi connectivity index (χ0n) is 16.9. The van der Waals surface area contributed by atoms with Crippen molar-refractivity contribution in [3.63, 3.8) is 0 Å². The molecule has 2 fully saturated rings. The Bertz CT molecular complexity index is 890. The fourth-order valence-corrected chi connectivity index (χ4v) is 4.69. The summed E-state index contributed by atoms with van der Waals surface area (Å²) in [6.07, 6.45) is 3.06. The van der Waals surface area contributed by atoms with Gasteiger partial charge in [-0.2, -0.15) is 4.98 Å². The molecule has 0 amide bonds. The lowest BCUT2D eigenvalue weighted by Crippen LogP contribution is -2.39. The number of nitrogens with zero attached hydrogens (tertiary/aromatic N) is 2. The van der Waals surface area contributed by atoms with E-state index in [1.54, 1.807) is 4.90 Å². The molecule has 0 spiro atoms. The first kappa shape index (κ1) is 21.3. The third-order valence-corrected chi connectivity index (χ3v) is 6.66. The monoisotopic (exact) mass is 482 g/mol. The topological polar surface area (TPSA) is 55.6 Å². The molecule has 1 aliphatic carbocycles. The van der Waals surface area contributed by atoms with Crippen LogP contribution < -0.4 is 4.90 Å². The Labute approximate surface area is 182 Å². The number of methoxy groups -OCH3 is 1. The molecule has 1 aromatic carbocycles. The van der Waals surface area contributed by atoms with Crippen LogP contribution in [0.25, 0.3) is 11.3 Å². The molecule has 162 valence electrons. The molecule has 5 nitrogen and oxygen atoms in total. The second-order valence-corrected chi connectivity index (χ2v) is 9.00. The van der Waals surface area contributed by atoms with Gasteiger partial charge in [0, 0.05) is 41.9 Å². The van der Waals surface area contributed by atoms with Gasteiger partial charge in [-0.05, 0) is 25.0 Å². The van der Waals surface area contributed by atoms with Crippen LogP contribution in [0.15, 0.2) is 33.2 Å². The highest BCUT2D eigenvalue weighted by Gasteiger charge is 2.39. The molecule has 1 aliphatic heterocycles. The summed E-state index contributed by atoms with van der Waals surface area (Å²) in [5, 5.41) is 0. The zero-order valence-corrected chi connectivity index (χ0v) is 18.5. The lowest BCUT2D eigenvalue weighted by molar-refractivity contribution is -0.147. The maximum absolute atomic E-state index is 13.6. The first-order chi connectivity index (χ1) is 14.4. The molecular formula is C22H25BrF2N2O3. The second-order valence-electron chi connectivity index (χ2n) is 8.08. The summed E-state index contributed by atoms with van der Waals surface area (Å²) in [6, 6.07) is 8.08. The largest absolute Gasteiger partial charge is 0.469 e. The number of alkyl halides is 2. The van der Waals surface area contributed by atoms with Crippen molar-refractivity contribution in [3.05, 3.63) is 34.5 Å². The first-order valence-electron chi connectivity index (χ1n) is 10.4. The predicted octanol–water partition coefficient (Wildman–Crippen LogP) is 5.79. The van der Waals surface area contributed by atoms with Gasteiger partial charge in [-0.25, -0.2) is 8.78 Å². The number of aromatic nitrogens is 1. The molecule has 0 bridgehead atoms. The maximum atomic E-state index is 13.6. The number of anilines is 1. The van der Waals surface area contributed by atoms with E-state index in [0.717, 1.165) is 35.7 Å². The lowest BCUT2D eigenvalue weighted by atomic mass is 9.77. The SMILES string of the molecule is COC(=O)C1CCCCC1c1oc(N2CCC(F)(F)CC2)nc1-c1ccc(Br)cc1. The number of esters is 1. The van der Waals surface area contributed by atoms with Crippen LogP contribution in [0.1, 0.15) is 50.2 Å². The van der Waals surface area contributed by atoms with Crippen molar-refractivity contribution >= 4 is 27.9 Å². The molecule has 2 atom stereocenters. The van der Waals surface area contributed by atoms with Gasteiger partial charge in [-0.15, -0.1) is 0 Å². The molecule has 8 heteroatoms. The van der Waals surface area contributed by atoms with E-state index in [1.807, 2.05) is 24.3 Å². The van der Waals surface area contributed by atoms with Crippen molar-refractivity contribution < 1.29 is 22.7 Å². The highest BCUT2D eigenvalue weighted by molar-refractivity contribution is 9.10. The van der Waals surface area contributed by atoms with Crippen molar-refractivity contribution in [1.82, 2.24) is 4.98 Å². The van der Waals surface area contributed by atoms with Gasteiger partial charge in [0.15, 0.2) is 0 Å². The van der Waals surface area contributed by atoms with Crippen molar-refractivity contribution in [2.75, 3.05) is 25.1 Å². The van der Waals surface area contributed by atoms with E-state index < -0.39 is 5.92 Å². The van der Waals surface area contributed by atoms with Crippen LogP contribution in [0.3, 0.4) is 0 Å². The van der Waals surface area contributed by atoms with Crippen LogP contribution in [0.4, 0.5) is 14.8 Å². The summed E-state index contributed by atoms with van der Waals surface area (Å²) in [5.41, 5.74) is 1.55. The molecule has 30 heavy (non-hydrogen) atoms. The maximum Gasteiger partial charge on any atom is 0.309 e. The molecule has 1 saturated heterocycles. The number of benzene rings is 1. The Balaban J connectivity index is 1.73. The minimum atomic E-state index is -2.64. The van der Waals surface area contributed by atoms with Gasteiger partial charge in [0.2, 0.25) is 0 Å². The fraction of sp³-hybridized carbons (Fsp3) is 0.545. The number of oxazole rings is 1.